The smallest absolute Gasteiger partial charge is 0.264 e. The van der Waals surface area contributed by atoms with Crippen molar-refractivity contribution in [3.63, 3.8) is 0 Å². The Morgan fingerprint density at radius 1 is 0.909 bits per heavy atom. The molecule has 9 nitrogen and oxygen atoms in total. The lowest BCUT2D eigenvalue weighted by Crippen LogP contribution is -2.54. The molecule has 1 unspecified atom stereocenters. The van der Waals surface area contributed by atoms with Crippen LogP contribution >= 0.6 is 0 Å². The topological polar surface area (TPSA) is 105 Å². The second kappa shape index (κ2) is 15.1. The predicted octanol–water partition coefficient (Wildman–Crippen LogP) is 5.46. The van der Waals surface area contributed by atoms with E-state index in [1.54, 1.807) is 24.3 Å². The summed E-state index contributed by atoms with van der Waals surface area (Å²) in [5, 5.41) is 3.17. The molecule has 44 heavy (non-hydrogen) atoms. The molecule has 1 saturated carbocycles. The van der Waals surface area contributed by atoms with Gasteiger partial charge in [0.2, 0.25) is 11.8 Å². The third-order valence-corrected chi connectivity index (χ3v) is 9.85. The summed E-state index contributed by atoms with van der Waals surface area (Å²) in [4.78, 5) is 29.4. The number of benzene rings is 3. The summed E-state index contributed by atoms with van der Waals surface area (Å²) in [6.45, 7) is 3.43. The van der Waals surface area contributed by atoms with Crippen LogP contribution in [0.15, 0.2) is 77.7 Å². The summed E-state index contributed by atoms with van der Waals surface area (Å²) in [5.41, 5.74) is 2.12. The number of hydrogen-bond acceptors (Lipinski definition) is 6. The second-order valence-corrected chi connectivity index (χ2v) is 13.0. The van der Waals surface area contributed by atoms with E-state index in [1.807, 2.05) is 44.2 Å². The molecule has 0 heterocycles. The van der Waals surface area contributed by atoms with Crippen LogP contribution < -0.4 is 19.1 Å². The third kappa shape index (κ3) is 7.91. The maximum atomic E-state index is 14.3. The molecule has 10 heteroatoms. The molecule has 0 aromatic heterocycles. The van der Waals surface area contributed by atoms with Gasteiger partial charge < -0.3 is 19.7 Å². The standard InChI is InChI=1S/C34H43N3O6S/c1-5-30(34(39)35-27-14-10-7-11-15-27)36(23-26-12-8-6-9-13-26)33(38)24-37(28-18-16-25(2)17-19-28)44(40,41)29-20-21-31(42-3)32(22-29)43-4/h6,8-9,12-13,16-22,27,30H,5,7,10-11,14-15,23-24H2,1-4H3,(H,35,39). The Hall–Kier alpha value is -4.05. The van der Waals surface area contributed by atoms with Crippen molar-refractivity contribution >= 4 is 27.5 Å². The molecule has 236 valence electrons. The Labute approximate surface area is 261 Å². The molecule has 1 aliphatic carbocycles. The van der Waals surface area contributed by atoms with Crippen LogP contribution in [-0.2, 0) is 26.2 Å². The fourth-order valence-corrected chi connectivity index (χ4v) is 7.02. The van der Waals surface area contributed by atoms with Gasteiger partial charge >= 0.3 is 0 Å². The van der Waals surface area contributed by atoms with E-state index >= 15 is 0 Å². The molecule has 1 N–H and O–H groups in total. The molecule has 2 amide bonds. The highest BCUT2D eigenvalue weighted by atomic mass is 32.2. The monoisotopic (exact) mass is 621 g/mol. The number of anilines is 1. The van der Waals surface area contributed by atoms with Gasteiger partial charge in [0.25, 0.3) is 10.0 Å². The zero-order valence-corrected chi connectivity index (χ0v) is 26.8. The summed E-state index contributed by atoms with van der Waals surface area (Å²) >= 11 is 0. The molecule has 0 spiro atoms. The minimum absolute atomic E-state index is 0.0554. The first kappa shape index (κ1) is 32.9. The zero-order chi connectivity index (χ0) is 31.7. The maximum absolute atomic E-state index is 14.3. The molecule has 1 aliphatic rings. The average Bonchev–Trinajstić information content (AvgIpc) is 3.04. The van der Waals surface area contributed by atoms with Crippen LogP contribution in [0.2, 0.25) is 0 Å². The van der Waals surface area contributed by atoms with Crippen LogP contribution in [-0.4, -0.2) is 58.0 Å². The van der Waals surface area contributed by atoms with E-state index in [0.29, 0.717) is 17.9 Å². The number of ether oxygens (including phenoxy) is 2. The van der Waals surface area contributed by atoms with E-state index < -0.39 is 28.5 Å². The maximum Gasteiger partial charge on any atom is 0.264 e. The van der Waals surface area contributed by atoms with E-state index in [4.69, 9.17) is 9.47 Å². The first-order valence-electron chi connectivity index (χ1n) is 15.1. The first-order valence-corrected chi connectivity index (χ1v) is 16.6. The number of hydrogen-bond donors (Lipinski definition) is 1. The average molecular weight is 622 g/mol. The van der Waals surface area contributed by atoms with Crippen molar-refractivity contribution in [1.29, 1.82) is 0 Å². The van der Waals surface area contributed by atoms with Crippen molar-refractivity contribution < 1.29 is 27.5 Å². The Balaban J connectivity index is 1.72. The number of methoxy groups -OCH3 is 2. The van der Waals surface area contributed by atoms with Gasteiger partial charge in [-0.3, -0.25) is 13.9 Å². The van der Waals surface area contributed by atoms with Crippen molar-refractivity contribution in [2.45, 2.75) is 75.9 Å². The van der Waals surface area contributed by atoms with E-state index in [1.165, 1.54) is 37.3 Å². The van der Waals surface area contributed by atoms with Gasteiger partial charge in [0.1, 0.15) is 12.6 Å². The normalized spacial score (nSPS) is 14.4. The molecular weight excluding hydrogens is 578 g/mol. The van der Waals surface area contributed by atoms with E-state index in [-0.39, 0.29) is 29.1 Å². The van der Waals surface area contributed by atoms with Crippen LogP contribution in [0.5, 0.6) is 11.5 Å². The fourth-order valence-electron chi connectivity index (χ4n) is 5.59. The van der Waals surface area contributed by atoms with Gasteiger partial charge in [0.15, 0.2) is 11.5 Å². The Morgan fingerprint density at radius 2 is 1.57 bits per heavy atom. The third-order valence-electron chi connectivity index (χ3n) is 8.08. The van der Waals surface area contributed by atoms with Crippen LogP contribution in [0.25, 0.3) is 0 Å². The summed E-state index contributed by atoms with van der Waals surface area (Å²) in [6.07, 6.45) is 5.50. The van der Waals surface area contributed by atoms with Crippen LogP contribution in [0.4, 0.5) is 5.69 Å². The lowest BCUT2D eigenvalue weighted by molar-refractivity contribution is -0.140. The SMILES string of the molecule is CCC(C(=O)NC1CCCCC1)N(Cc1ccccc1)C(=O)CN(c1ccc(C)cc1)S(=O)(=O)c1ccc(OC)c(OC)c1. The van der Waals surface area contributed by atoms with Gasteiger partial charge in [0, 0.05) is 18.7 Å². The fraction of sp³-hybridized carbons (Fsp3) is 0.412. The van der Waals surface area contributed by atoms with Crippen molar-refractivity contribution in [2.24, 2.45) is 0 Å². The van der Waals surface area contributed by atoms with Crippen molar-refractivity contribution in [3.05, 3.63) is 83.9 Å². The van der Waals surface area contributed by atoms with Gasteiger partial charge in [-0.05, 0) is 56.0 Å². The second-order valence-electron chi connectivity index (χ2n) is 11.1. The van der Waals surface area contributed by atoms with Gasteiger partial charge in [0.05, 0.1) is 24.8 Å². The first-order chi connectivity index (χ1) is 21.2. The van der Waals surface area contributed by atoms with E-state index in [9.17, 15) is 18.0 Å². The summed E-state index contributed by atoms with van der Waals surface area (Å²) in [5.74, 6) is -0.0643. The largest absolute Gasteiger partial charge is 0.493 e. The molecule has 0 aliphatic heterocycles. The van der Waals surface area contributed by atoms with Crippen molar-refractivity contribution in [3.8, 4) is 11.5 Å². The lowest BCUT2D eigenvalue weighted by atomic mass is 9.95. The zero-order valence-electron chi connectivity index (χ0n) is 26.0. The number of aryl methyl sites for hydroxylation is 1. The quantitative estimate of drug-likeness (QED) is 0.272. The lowest BCUT2D eigenvalue weighted by Gasteiger charge is -2.34. The number of rotatable bonds is 13. The van der Waals surface area contributed by atoms with Gasteiger partial charge in [-0.1, -0.05) is 74.2 Å². The minimum Gasteiger partial charge on any atom is -0.493 e. The number of nitrogens with zero attached hydrogens (tertiary/aromatic N) is 2. The van der Waals surface area contributed by atoms with Crippen molar-refractivity contribution in [2.75, 3.05) is 25.1 Å². The minimum atomic E-state index is -4.25. The number of nitrogens with one attached hydrogen (secondary N) is 1. The molecule has 3 aromatic rings. The molecule has 1 fully saturated rings. The van der Waals surface area contributed by atoms with Gasteiger partial charge in [-0.15, -0.1) is 0 Å². The van der Waals surface area contributed by atoms with Crippen LogP contribution in [0.3, 0.4) is 0 Å². The molecule has 1 atom stereocenters. The highest BCUT2D eigenvalue weighted by molar-refractivity contribution is 7.92. The van der Waals surface area contributed by atoms with Gasteiger partial charge in [-0.25, -0.2) is 8.42 Å². The van der Waals surface area contributed by atoms with Crippen LogP contribution in [0, 0.1) is 6.92 Å². The summed E-state index contributed by atoms with van der Waals surface area (Å²) in [6, 6.07) is 20.0. The highest BCUT2D eigenvalue weighted by Crippen LogP contribution is 2.32. The molecule has 0 radical (unpaired) electrons. The summed E-state index contributed by atoms with van der Waals surface area (Å²) < 4.78 is 40.2. The molecule has 0 saturated heterocycles. The van der Waals surface area contributed by atoms with Gasteiger partial charge in [-0.2, -0.15) is 0 Å². The van der Waals surface area contributed by atoms with Crippen LogP contribution in [0.1, 0.15) is 56.6 Å². The predicted molar refractivity (Wildman–Crippen MR) is 171 cm³/mol. The molecule has 3 aromatic carbocycles. The Kier molecular flexibility index (Phi) is 11.3. The van der Waals surface area contributed by atoms with Crippen molar-refractivity contribution in [1.82, 2.24) is 10.2 Å². The molecule has 4 rings (SSSR count). The van der Waals surface area contributed by atoms with E-state index in [0.717, 1.165) is 47.5 Å². The Bertz CT molecular complexity index is 1510. The number of carbonyl (C=O) groups excluding carboxylic acids is 2. The number of sulfonamides is 1. The summed E-state index contributed by atoms with van der Waals surface area (Å²) in [7, 11) is -1.35. The highest BCUT2D eigenvalue weighted by Gasteiger charge is 2.34. The number of carbonyl (C=O) groups is 2. The Morgan fingerprint density at radius 3 is 2.18 bits per heavy atom. The van der Waals surface area contributed by atoms with E-state index in [2.05, 4.69) is 5.32 Å². The number of amides is 2. The molecule has 0 bridgehead atoms. The molecular formula is C34H43N3O6S.